The van der Waals surface area contributed by atoms with Crippen molar-refractivity contribution in [1.82, 2.24) is 0 Å². The van der Waals surface area contributed by atoms with Crippen molar-refractivity contribution in [2.45, 2.75) is 13.0 Å². The number of hydrogen-bond donors (Lipinski definition) is 1. The maximum atomic E-state index is 12.3. The van der Waals surface area contributed by atoms with Gasteiger partial charge in [-0.2, -0.15) is 0 Å². The Morgan fingerprint density at radius 2 is 1.72 bits per heavy atom. The monoisotopic (exact) mass is 399 g/mol. The molecule has 1 N–H and O–H groups in total. The molecule has 1 saturated heterocycles. The zero-order chi connectivity index (χ0) is 20.8. The van der Waals surface area contributed by atoms with Gasteiger partial charge >= 0.3 is 5.97 Å². The number of non-ortho nitro benzene ring substituents is 1. The van der Waals surface area contributed by atoms with Gasteiger partial charge in [0.05, 0.1) is 23.7 Å². The first-order chi connectivity index (χ1) is 13.9. The number of amides is 1. The van der Waals surface area contributed by atoms with Gasteiger partial charge in [-0.05, 0) is 43.3 Å². The number of nitrogens with zero attached hydrogens (tertiary/aromatic N) is 2. The molecule has 0 aliphatic carbocycles. The minimum Gasteiger partial charge on any atom is -0.449 e. The molecular weight excluding hydrogens is 378 g/mol. The fraction of sp³-hybridized carbons (Fsp3) is 0.300. The Labute approximate surface area is 167 Å². The molecule has 2 aromatic carbocycles. The van der Waals surface area contributed by atoms with Crippen molar-refractivity contribution in [3.63, 3.8) is 0 Å². The minimum absolute atomic E-state index is 0.130. The van der Waals surface area contributed by atoms with E-state index in [0.29, 0.717) is 18.9 Å². The number of carbonyl (C=O) groups is 2. The van der Waals surface area contributed by atoms with Crippen LogP contribution in [0.3, 0.4) is 0 Å². The van der Waals surface area contributed by atoms with Crippen molar-refractivity contribution in [2.75, 3.05) is 36.5 Å². The smallest absolute Gasteiger partial charge is 0.338 e. The van der Waals surface area contributed by atoms with Crippen LogP contribution in [-0.4, -0.2) is 49.2 Å². The van der Waals surface area contributed by atoms with Crippen LogP contribution in [0.1, 0.15) is 17.3 Å². The van der Waals surface area contributed by atoms with E-state index in [0.717, 1.165) is 18.8 Å². The molecule has 1 fully saturated rings. The Morgan fingerprint density at radius 1 is 1.10 bits per heavy atom. The number of esters is 1. The van der Waals surface area contributed by atoms with E-state index in [1.165, 1.54) is 31.2 Å². The van der Waals surface area contributed by atoms with Crippen LogP contribution in [0.25, 0.3) is 0 Å². The fourth-order valence-electron chi connectivity index (χ4n) is 2.82. The van der Waals surface area contributed by atoms with Crippen molar-refractivity contribution in [3.05, 3.63) is 64.2 Å². The number of benzene rings is 2. The summed E-state index contributed by atoms with van der Waals surface area (Å²) in [5.74, 6) is -1.20. The third-order valence-electron chi connectivity index (χ3n) is 4.48. The highest BCUT2D eigenvalue weighted by Gasteiger charge is 2.20. The number of anilines is 2. The summed E-state index contributed by atoms with van der Waals surface area (Å²) < 4.78 is 10.5. The predicted molar refractivity (Wildman–Crippen MR) is 106 cm³/mol. The maximum Gasteiger partial charge on any atom is 0.338 e. The van der Waals surface area contributed by atoms with E-state index in [1.807, 2.05) is 12.1 Å². The molecule has 1 amide bonds. The highest BCUT2D eigenvalue weighted by Crippen LogP contribution is 2.19. The van der Waals surface area contributed by atoms with E-state index in [1.54, 1.807) is 12.1 Å². The van der Waals surface area contributed by atoms with Crippen LogP contribution in [0.5, 0.6) is 0 Å². The molecule has 1 heterocycles. The molecular formula is C20H21N3O6. The van der Waals surface area contributed by atoms with Gasteiger partial charge in [-0.3, -0.25) is 14.9 Å². The van der Waals surface area contributed by atoms with Gasteiger partial charge in [0.25, 0.3) is 11.6 Å². The molecule has 1 aliphatic rings. The quantitative estimate of drug-likeness (QED) is 0.451. The van der Waals surface area contributed by atoms with Crippen molar-refractivity contribution in [2.24, 2.45) is 0 Å². The number of rotatable bonds is 6. The molecule has 1 unspecified atom stereocenters. The summed E-state index contributed by atoms with van der Waals surface area (Å²) >= 11 is 0. The van der Waals surface area contributed by atoms with Gasteiger partial charge < -0.3 is 19.7 Å². The lowest BCUT2D eigenvalue weighted by atomic mass is 10.2. The number of hydrogen-bond acceptors (Lipinski definition) is 7. The Balaban J connectivity index is 1.54. The molecule has 9 heteroatoms. The van der Waals surface area contributed by atoms with Crippen molar-refractivity contribution in [3.8, 4) is 0 Å². The average Bonchev–Trinajstić information content (AvgIpc) is 2.74. The summed E-state index contributed by atoms with van der Waals surface area (Å²) in [7, 11) is 0. The summed E-state index contributed by atoms with van der Waals surface area (Å²) in [4.78, 5) is 36.7. The molecule has 3 rings (SSSR count). The summed E-state index contributed by atoms with van der Waals surface area (Å²) in [5, 5.41) is 13.4. The van der Waals surface area contributed by atoms with Crippen molar-refractivity contribution >= 4 is 28.9 Å². The summed E-state index contributed by atoms with van der Waals surface area (Å²) in [6.07, 6.45) is -1.03. The van der Waals surface area contributed by atoms with Gasteiger partial charge in [0, 0.05) is 36.6 Å². The molecule has 2 aromatic rings. The van der Waals surface area contributed by atoms with Gasteiger partial charge in [0.2, 0.25) is 0 Å². The van der Waals surface area contributed by atoms with E-state index in [9.17, 15) is 19.7 Å². The zero-order valence-corrected chi connectivity index (χ0v) is 15.9. The normalized spacial score (nSPS) is 14.7. The Morgan fingerprint density at radius 3 is 2.31 bits per heavy atom. The van der Waals surface area contributed by atoms with Gasteiger partial charge in [0.1, 0.15) is 0 Å². The molecule has 29 heavy (non-hydrogen) atoms. The van der Waals surface area contributed by atoms with Crippen molar-refractivity contribution in [1.29, 1.82) is 0 Å². The molecule has 0 aromatic heterocycles. The Kier molecular flexibility index (Phi) is 6.40. The van der Waals surface area contributed by atoms with Crippen molar-refractivity contribution < 1.29 is 24.0 Å². The number of morpholine rings is 1. The standard InChI is InChI=1S/C20H21N3O6/c1-14(29-20(25)15-2-6-18(7-3-15)23(26)27)19(24)21-16-4-8-17(9-5-16)22-10-12-28-13-11-22/h2-9,14H,10-13H2,1H3,(H,21,24). The molecule has 0 spiro atoms. The number of nitrogens with one attached hydrogen (secondary N) is 1. The second-order valence-corrected chi connectivity index (χ2v) is 6.49. The average molecular weight is 399 g/mol. The SMILES string of the molecule is CC(OC(=O)c1ccc([N+](=O)[O-])cc1)C(=O)Nc1ccc(N2CCOCC2)cc1. The van der Waals surface area contributed by atoms with Crippen LogP contribution in [0.4, 0.5) is 17.1 Å². The lowest BCUT2D eigenvalue weighted by molar-refractivity contribution is -0.384. The molecule has 1 atom stereocenters. The number of nitro groups is 1. The van der Waals surface area contributed by atoms with Crippen LogP contribution in [-0.2, 0) is 14.3 Å². The highest BCUT2D eigenvalue weighted by atomic mass is 16.6. The summed E-state index contributed by atoms with van der Waals surface area (Å²) in [6.45, 7) is 4.48. The first-order valence-corrected chi connectivity index (χ1v) is 9.13. The van der Waals surface area contributed by atoms with Gasteiger partial charge in [-0.15, -0.1) is 0 Å². The zero-order valence-electron chi connectivity index (χ0n) is 15.9. The predicted octanol–water partition coefficient (Wildman–Crippen LogP) is 2.62. The van der Waals surface area contributed by atoms with Gasteiger partial charge in [-0.1, -0.05) is 0 Å². The molecule has 1 aliphatic heterocycles. The van der Waals surface area contributed by atoms with Gasteiger partial charge in [-0.25, -0.2) is 4.79 Å². The first-order valence-electron chi connectivity index (χ1n) is 9.13. The van der Waals surface area contributed by atoms with E-state index in [2.05, 4.69) is 10.2 Å². The van der Waals surface area contributed by atoms with E-state index < -0.39 is 22.9 Å². The fourth-order valence-corrected chi connectivity index (χ4v) is 2.82. The molecule has 0 bridgehead atoms. The molecule has 0 saturated carbocycles. The lowest BCUT2D eigenvalue weighted by Gasteiger charge is -2.28. The lowest BCUT2D eigenvalue weighted by Crippen LogP contribution is -2.36. The second kappa shape index (κ2) is 9.16. The third kappa shape index (κ3) is 5.29. The van der Waals surface area contributed by atoms with E-state index in [4.69, 9.17) is 9.47 Å². The molecule has 152 valence electrons. The van der Waals surface area contributed by atoms with Crippen LogP contribution < -0.4 is 10.2 Å². The topological polar surface area (TPSA) is 111 Å². The minimum atomic E-state index is -1.03. The summed E-state index contributed by atoms with van der Waals surface area (Å²) in [5.41, 5.74) is 1.63. The number of nitro benzene ring substituents is 1. The third-order valence-corrected chi connectivity index (χ3v) is 4.48. The number of ether oxygens (including phenoxy) is 2. The molecule has 0 radical (unpaired) electrons. The molecule has 9 nitrogen and oxygen atoms in total. The second-order valence-electron chi connectivity index (χ2n) is 6.49. The summed E-state index contributed by atoms with van der Waals surface area (Å²) in [6, 6.07) is 12.4. The van der Waals surface area contributed by atoms with Crippen LogP contribution in [0, 0.1) is 10.1 Å². The maximum absolute atomic E-state index is 12.3. The highest BCUT2D eigenvalue weighted by molar-refractivity contribution is 5.97. The Hall–Kier alpha value is -3.46. The van der Waals surface area contributed by atoms with E-state index >= 15 is 0 Å². The number of carbonyl (C=O) groups excluding carboxylic acids is 2. The van der Waals surface area contributed by atoms with E-state index in [-0.39, 0.29) is 11.3 Å². The largest absolute Gasteiger partial charge is 0.449 e. The van der Waals surface area contributed by atoms with Crippen LogP contribution >= 0.6 is 0 Å². The van der Waals surface area contributed by atoms with Gasteiger partial charge in [0.15, 0.2) is 6.10 Å². The Bertz CT molecular complexity index is 876. The van der Waals surface area contributed by atoms with Crippen LogP contribution in [0.2, 0.25) is 0 Å². The first kappa shape index (κ1) is 20.3. The van der Waals surface area contributed by atoms with Crippen LogP contribution in [0.15, 0.2) is 48.5 Å².